The molecule has 0 bridgehead atoms. The quantitative estimate of drug-likeness (QED) is 0.567. The van der Waals surface area contributed by atoms with Gasteiger partial charge >= 0.3 is 0 Å². The average Bonchev–Trinajstić information content (AvgIpc) is 3.31. The highest BCUT2D eigenvalue weighted by Gasteiger charge is 2.20. The van der Waals surface area contributed by atoms with E-state index in [0.717, 1.165) is 15.8 Å². The van der Waals surface area contributed by atoms with E-state index in [2.05, 4.69) is 10.5 Å². The average molecular weight is 366 g/mol. The molecule has 2 heterocycles. The lowest BCUT2D eigenvalue weighted by Crippen LogP contribution is -2.30. The molecule has 0 spiro atoms. The van der Waals surface area contributed by atoms with Crippen LogP contribution in [0.1, 0.15) is 22.2 Å². The van der Waals surface area contributed by atoms with Gasteiger partial charge < -0.3 is 9.84 Å². The Balaban J connectivity index is 1.57. The second-order valence-electron chi connectivity index (χ2n) is 5.87. The smallest absolute Gasteiger partial charge is 0.226 e. The Bertz CT molecular complexity index is 1030. The van der Waals surface area contributed by atoms with Crippen LogP contribution in [0.15, 0.2) is 70.6 Å². The summed E-state index contributed by atoms with van der Waals surface area (Å²) in [7, 11) is 0. The number of rotatable bonds is 5. The van der Waals surface area contributed by atoms with Gasteiger partial charge in [-0.2, -0.15) is 0 Å². The van der Waals surface area contributed by atoms with Crippen LogP contribution in [0.5, 0.6) is 0 Å². The Morgan fingerprint density at radius 1 is 1.12 bits per heavy atom. The van der Waals surface area contributed by atoms with Crippen LogP contribution >= 0.6 is 11.3 Å². The molecule has 0 aliphatic carbocycles. The minimum Gasteiger partial charge on any atom is -0.356 e. The third-order valence-electron chi connectivity index (χ3n) is 4.12. The SMILES string of the molecule is O=C(Cc1noc2ccccc12)N[C@H](c1ccc(F)cc1)c1cccs1. The van der Waals surface area contributed by atoms with E-state index in [4.69, 9.17) is 4.52 Å². The Labute approximate surface area is 153 Å². The number of aromatic nitrogens is 1. The maximum atomic E-state index is 13.3. The topological polar surface area (TPSA) is 55.1 Å². The number of halogens is 1. The summed E-state index contributed by atoms with van der Waals surface area (Å²) in [5.41, 5.74) is 2.08. The van der Waals surface area contributed by atoms with Gasteiger partial charge in [0.05, 0.1) is 12.5 Å². The first-order valence-corrected chi connectivity index (χ1v) is 9.00. The van der Waals surface area contributed by atoms with Gasteiger partial charge in [0, 0.05) is 10.3 Å². The monoisotopic (exact) mass is 366 g/mol. The van der Waals surface area contributed by atoms with Crippen LogP contribution in [0, 0.1) is 5.82 Å². The first-order valence-electron chi connectivity index (χ1n) is 8.12. The Kier molecular flexibility index (Phi) is 4.50. The third kappa shape index (κ3) is 3.36. The van der Waals surface area contributed by atoms with Crippen molar-refractivity contribution in [2.45, 2.75) is 12.5 Å². The summed E-state index contributed by atoms with van der Waals surface area (Å²) < 4.78 is 18.5. The van der Waals surface area contributed by atoms with Gasteiger partial charge in [0.2, 0.25) is 5.91 Å². The molecule has 0 saturated carbocycles. The molecule has 6 heteroatoms. The normalized spacial score (nSPS) is 12.2. The molecule has 1 atom stereocenters. The highest BCUT2D eigenvalue weighted by molar-refractivity contribution is 7.10. The van der Waals surface area contributed by atoms with Crippen molar-refractivity contribution in [2.24, 2.45) is 0 Å². The number of carbonyl (C=O) groups is 1. The fraction of sp³-hybridized carbons (Fsp3) is 0.100. The molecule has 0 fully saturated rings. The number of nitrogens with zero attached hydrogens (tertiary/aromatic N) is 1. The van der Waals surface area contributed by atoms with Crippen molar-refractivity contribution >= 4 is 28.2 Å². The zero-order valence-corrected chi connectivity index (χ0v) is 14.5. The number of carbonyl (C=O) groups excluding carboxylic acids is 1. The number of hydrogen-bond acceptors (Lipinski definition) is 4. The zero-order valence-electron chi connectivity index (χ0n) is 13.7. The van der Waals surface area contributed by atoms with Crippen molar-refractivity contribution in [3.05, 3.63) is 88.0 Å². The molecule has 4 aromatic rings. The van der Waals surface area contributed by atoms with E-state index < -0.39 is 0 Å². The molecule has 0 saturated heterocycles. The van der Waals surface area contributed by atoms with Crippen molar-refractivity contribution in [3.63, 3.8) is 0 Å². The Hall–Kier alpha value is -2.99. The minimum atomic E-state index is -0.332. The van der Waals surface area contributed by atoms with Crippen molar-refractivity contribution in [1.82, 2.24) is 10.5 Å². The minimum absolute atomic E-state index is 0.111. The summed E-state index contributed by atoms with van der Waals surface area (Å²) in [4.78, 5) is 13.6. The number of nitrogens with one attached hydrogen (secondary N) is 1. The van der Waals surface area contributed by atoms with Crippen LogP contribution in [-0.2, 0) is 11.2 Å². The Morgan fingerprint density at radius 3 is 2.69 bits per heavy atom. The van der Waals surface area contributed by atoms with Gasteiger partial charge in [0.1, 0.15) is 11.5 Å². The predicted molar refractivity (Wildman–Crippen MR) is 98.4 cm³/mol. The standard InChI is InChI=1S/C20H15FN2O2S/c21-14-9-7-13(8-10-14)20(18-6-3-11-26-18)22-19(24)12-16-15-4-1-2-5-17(15)25-23-16/h1-11,20H,12H2,(H,22,24)/t20-/m1/s1. The maximum absolute atomic E-state index is 13.3. The van der Waals surface area contributed by atoms with E-state index in [9.17, 15) is 9.18 Å². The molecule has 0 unspecified atom stereocenters. The second kappa shape index (κ2) is 7.09. The largest absolute Gasteiger partial charge is 0.356 e. The molecular weight excluding hydrogens is 351 g/mol. The molecule has 130 valence electrons. The predicted octanol–water partition coefficient (Wildman–Crippen LogP) is 4.48. The Morgan fingerprint density at radius 2 is 1.92 bits per heavy atom. The first kappa shape index (κ1) is 16.5. The van der Waals surface area contributed by atoms with Crippen LogP contribution in [0.4, 0.5) is 4.39 Å². The molecule has 2 aromatic carbocycles. The molecule has 4 nitrogen and oxygen atoms in total. The third-order valence-corrected chi connectivity index (χ3v) is 5.05. The fourth-order valence-electron chi connectivity index (χ4n) is 2.86. The molecule has 0 aliphatic heterocycles. The summed E-state index contributed by atoms with van der Waals surface area (Å²) >= 11 is 1.54. The summed E-state index contributed by atoms with van der Waals surface area (Å²) in [5, 5.41) is 9.81. The number of para-hydroxylation sites is 1. The lowest BCUT2D eigenvalue weighted by Gasteiger charge is -2.18. The van der Waals surface area contributed by atoms with Gasteiger partial charge in [-0.05, 0) is 41.3 Å². The van der Waals surface area contributed by atoms with Gasteiger partial charge in [-0.1, -0.05) is 35.5 Å². The van der Waals surface area contributed by atoms with Crippen molar-refractivity contribution < 1.29 is 13.7 Å². The van der Waals surface area contributed by atoms with E-state index in [1.54, 1.807) is 12.1 Å². The number of thiophene rings is 1. The van der Waals surface area contributed by atoms with Crippen LogP contribution < -0.4 is 5.32 Å². The van der Waals surface area contributed by atoms with Gasteiger partial charge in [-0.25, -0.2) is 4.39 Å². The molecule has 0 radical (unpaired) electrons. The van der Waals surface area contributed by atoms with Crippen LogP contribution in [0.25, 0.3) is 11.0 Å². The molecule has 26 heavy (non-hydrogen) atoms. The van der Waals surface area contributed by atoms with Crippen molar-refractivity contribution in [1.29, 1.82) is 0 Å². The number of fused-ring (bicyclic) bond motifs is 1. The number of amides is 1. The second-order valence-corrected chi connectivity index (χ2v) is 6.85. The van der Waals surface area contributed by atoms with Crippen LogP contribution in [0.2, 0.25) is 0 Å². The molecule has 1 amide bonds. The lowest BCUT2D eigenvalue weighted by molar-refractivity contribution is -0.121. The molecule has 4 rings (SSSR count). The van der Waals surface area contributed by atoms with E-state index in [1.807, 2.05) is 41.8 Å². The zero-order chi connectivity index (χ0) is 17.9. The maximum Gasteiger partial charge on any atom is 0.226 e. The molecule has 0 aliphatic rings. The summed E-state index contributed by atoms with van der Waals surface area (Å²) in [6, 6.07) is 17.1. The van der Waals surface area contributed by atoms with Gasteiger partial charge in [0.15, 0.2) is 5.58 Å². The van der Waals surface area contributed by atoms with Crippen molar-refractivity contribution in [2.75, 3.05) is 0 Å². The van der Waals surface area contributed by atoms with Gasteiger partial charge in [-0.15, -0.1) is 11.3 Å². The molecular formula is C20H15FN2O2S. The molecule has 1 N–H and O–H groups in total. The highest BCUT2D eigenvalue weighted by Crippen LogP contribution is 2.26. The summed E-state index contributed by atoms with van der Waals surface area (Å²) in [6.07, 6.45) is 0.111. The molecule has 2 aromatic heterocycles. The van der Waals surface area contributed by atoms with E-state index in [-0.39, 0.29) is 24.2 Å². The summed E-state index contributed by atoms with van der Waals surface area (Å²) in [6.45, 7) is 0. The highest BCUT2D eigenvalue weighted by atomic mass is 32.1. The van der Waals surface area contributed by atoms with E-state index in [0.29, 0.717) is 11.3 Å². The van der Waals surface area contributed by atoms with Gasteiger partial charge in [-0.3, -0.25) is 4.79 Å². The fourth-order valence-corrected chi connectivity index (χ4v) is 3.66. The lowest BCUT2D eigenvalue weighted by atomic mass is 10.0. The van der Waals surface area contributed by atoms with E-state index in [1.165, 1.54) is 23.5 Å². The first-order chi connectivity index (χ1) is 12.7. The van der Waals surface area contributed by atoms with Crippen molar-refractivity contribution in [3.8, 4) is 0 Å². The number of benzene rings is 2. The van der Waals surface area contributed by atoms with Crippen LogP contribution in [0.3, 0.4) is 0 Å². The van der Waals surface area contributed by atoms with Gasteiger partial charge in [0.25, 0.3) is 0 Å². The summed E-state index contributed by atoms with van der Waals surface area (Å²) in [5.74, 6) is -0.481. The van der Waals surface area contributed by atoms with E-state index >= 15 is 0 Å². The number of hydrogen-bond donors (Lipinski definition) is 1. The van der Waals surface area contributed by atoms with Crippen LogP contribution in [-0.4, -0.2) is 11.1 Å².